The lowest BCUT2D eigenvalue weighted by Crippen LogP contribution is -2.14. The van der Waals surface area contributed by atoms with E-state index >= 15 is 0 Å². The van der Waals surface area contributed by atoms with Crippen LogP contribution >= 0.6 is 11.6 Å². The van der Waals surface area contributed by atoms with E-state index in [9.17, 15) is 9.65 Å². The summed E-state index contributed by atoms with van der Waals surface area (Å²) >= 11 is 6.04. The third-order valence-corrected chi connectivity index (χ3v) is 3.65. The Balaban J connectivity index is 2.15. The molecule has 1 aliphatic heterocycles. The van der Waals surface area contributed by atoms with Crippen LogP contribution in [-0.4, -0.2) is 6.54 Å². The lowest BCUT2D eigenvalue weighted by molar-refractivity contribution is 0.628. The maximum absolute atomic E-state index is 13.4. The molecule has 1 heterocycles. The fourth-order valence-corrected chi connectivity index (χ4v) is 2.66. The number of anilines is 2. The van der Waals surface area contributed by atoms with Gasteiger partial charge in [-0.05, 0) is 36.2 Å². The molecule has 19 heavy (non-hydrogen) atoms. The molecule has 0 N–H and O–H groups in total. The first-order chi connectivity index (χ1) is 9.20. The molecule has 2 aromatic rings. The standard InChI is InChI=1S/C15H10ClFN2/c16-13-2-1-3-14(12(13)9-18)19-7-6-10-4-5-11(17)8-15(10)19/h1-5,8H,6-7H2. The van der Waals surface area contributed by atoms with E-state index in [1.807, 2.05) is 11.0 Å². The molecule has 0 radical (unpaired) electrons. The Kier molecular flexibility index (Phi) is 2.88. The van der Waals surface area contributed by atoms with Gasteiger partial charge < -0.3 is 4.90 Å². The second kappa shape index (κ2) is 4.56. The van der Waals surface area contributed by atoms with Crippen molar-refractivity contribution in [1.82, 2.24) is 0 Å². The van der Waals surface area contributed by atoms with Gasteiger partial charge in [0.2, 0.25) is 0 Å². The SMILES string of the molecule is N#Cc1c(Cl)cccc1N1CCc2ccc(F)cc21. The number of rotatable bonds is 1. The number of hydrogen-bond donors (Lipinski definition) is 0. The summed E-state index contributed by atoms with van der Waals surface area (Å²) in [5.74, 6) is -0.272. The van der Waals surface area contributed by atoms with E-state index in [4.69, 9.17) is 11.6 Å². The van der Waals surface area contributed by atoms with Crippen molar-refractivity contribution >= 4 is 23.0 Å². The molecule has 0 saturated carbocycles. The van der Waals surface area contributed by atoms with Crippen LogP contribution < -0.4 is 4.90 Å². The Labute approximate surface area is 115 Å². The van der Waals surface area contributed by atoms with Gasteiger partial charge in [-0.2, -0.15) is 5.26 Å². The van der Waals surface area contributed by atoms with E-state index in [-0.39, 0.29) is 5.82 Å². The van der Waals surface area contributed by atoms with Crippen LogP contribution in [0.5, 0.6) is 0 Å². The molecular weight excluding hydrogens is 263 g/mol. The van der Waals surface area contributed by atoms with Gasteiger partial charge in [-0.3, -0.25) is 0 Å². The van der Waals surface area contributed by atoms with Crippen LogP contribution in [0.3, 0.4) is 0 Å². The van der Waals surface area contributed by atoms with Crippen LogP contribution in [0, 0.1) is 17.1 Å². The lowest BCUT2D eigenvalue weighted by atomic mass is 10.1. The molecule has 0 atom stereocenters. The zero-order valence-corrected chi connectivity index (χ0v) is 10.8. The summed E-state index contributed by atoms with van der Waals surface area (Å²) < 4.78 is 13.4. The highest BCUT2D eigenvalue weighted by atomic mass is 35.5. The number of nitriles is 1. The van der Waals surface area contributed by atoms with Crippen LogP contribution in [0.2, 0.25) is 5.02 Å². The van der Waals surface area contributed by atoms with Crippen molar-refractivity contribution in [2.45, 2.75) is 6.42 Å². The highest BCUT2D eigenvalue weighted by Gasteiger charge is 2.23. The number of fused-ring (bicyclic) bond motifs is 1. The van der Waals surface area contributed by atoms with E-state index in [0.29, 0.717) is 10.6 Å². The molecule has 2 nitrogen and oxygen atoms in total. The van der Waals surface area contributed by atoms with Crippen LogP contribution in [-0.2, 0) is 6.42 Å². The van der Waals surface area contributed by atoms with Gasteiger partial charge in [-0.15, -0.1) is 0 Å². The molecule has 94 valence electrons. The fraction of sp³-hybridized carbons (Fsp3) is 0.133. The van der Waals surface area contributed by atoms with Crippen molar-refractivity contribution in [2.24, 2.45) is 0 Å². The molecule has 0 saturated heterocycles. The Morgan fingerprint density at radius 1 is 1.21 bits per heavy atom. The summed E-state index contributed by atoms with van der Waals surface area (Å²) in [7, 11) is 0. The van der Waals surface area contributed by atoms with E-state index in [2.05, 4.69) is 6.07 Å². The summed E-state index contributed by atoms with van der Waals surface area (Å²) in [6.07, 6.45) is 0.840. The zero-order chi connectivity index (χ0) is 13.4. The van der Waals surface area contributed by atoms with E-state index in [0.717, 1.165) is 29.9 Å². The van der Waals surface area contributed by atoms with Crippen molar-refractivity contribution in [3.05, 3.63) is 58.4 Å². The van der Waals surface area contributed by atoms with Gasteiger partial charge in [-0.1, -0.05) is 23.7 Å². The van der Waals surface area contributed by atoms with Gasteiger partial charge in [0.1, 0.15) is 11.9 Å². The average molecular weight is 273 g/mol. The molecule has 0 fully saturated rings. The largest absolute Gasteiger partial charge is 0.340 e. The second-order valence-electron chi connectivity index (χ2n) is 4.42. The van der Waals surface area contributed by atoms with Crippen LogP contribution in [0.4, 0.5) is 15.8 Å². The van der Waals surface area contributed by atoms with Gasteiger partial charge >= 0.3 is 0 Å². The molecule has 3 rings (SSSR count). The first-order valence-corrected chi connectivity index (χ1v) is 6.33. The van der Waals surface area contributed by atoms with Crippen LogP contribution in [0.15, 0.2) is 36.4 Å². The molecule has 0 bridgehead atoms. The molecule has 0 unspecified atom stereocenters. The topological polar surface area (TPSA) is 27.0 Å². The molecule has 2 aromatic carbocycles. The summed E-state index contributed by atoms with van der Waals surface area (Å²) in [4.78, 5) is 1.95. The molecule has 0 aliphatic carbocycles. The van der Waals surface area contributed by atoms with E-state index in [1.54, 1.807) is 18.2 Å². The van der Waals surface area contributed by atoms with Gasteiger partial charge in [0.25, 0.3) is 0 Å². The highest BCUT2D eigenvalue weighted by Crippen LogP contribution is 2.38. The minimum atomic E-state index is -0.272. The first kappa shape index (κ1) is 12.0. The van der Waals surface area contributed by atoms with Crippen molar-refractivity contribution in [3.8, 4) is 6.07 Å². The fourth-order valence-electron chi connectivity index (χ4n) is 2.45. The van der Waals surface area contributed by atoms with Gasteiger partial charge in [0, 0.05) is 12.2 Å². The predicted octanol–water partition coefficient (Wildman–Crippen LogP) is 4.04. The summed E-state index contributed by atoms with van der Waals surface area (Å²) in [5, 5.41) is 9.65. The van der Waals surface area contributed by atoms with Gasteiger partial charge in [-0.25, -0.2) is 4.39 Å². The van der Waals surface area contributed by atoms with Crippen LogP contribution in [0.25, 0.3) is 0 Å². The summed E-state index contributed by atoms with van der Waals surface area (Å²) in [5.41, 5.74) is 3.07. The number of nitrogens with zero attached hydrogens (tertiary/aromatic N) is 2. The molecule has 4 heteroatoms. The monoisotopic (exact) mass is 272 g/mol. The summed E-state index contributed by atoms with van der Waals surface area (Å²) in [6, 6.07) is 12.2. The number of halogens is 2. The molecular formula is C15H10ClFN2. The lowest BCUT2D eigenvalue weighted by Gasteiger charge is -2.21. The van der Waals surface area contributed by atoms with E-state index in [1.165, 1.54) is 12.1 Å². The Hall–Kier alpha value is -2.05. The highest BCUT2D eigenvalue weighted by molar-refractivity contribution is 6.32. The van der Waals surface area contributed by atoms with E-state index < -0.39 is 0 Å². The third kappa shape index (κ3) is 1.94. The first-order valence-electron chi connectivity index (χ1n) is 5.95. The summed E-state index contributed by atoms with van der Waals surface area (Å²) in [6.45, 7) is 0.730. The number of hydrogen-bond acceptors (Lipinski definition) is 2. The molecule has 0 aromatic heterocycles. The van der Waals surface area contributed by atoms with Crippen molar-refractivity contribution in [1.29, 1.82) is 5.26 Å². The van der Waals surface area contributed by atoms with Crippen molar-refractivity contribution < 1.29 is 4.39 Å². The van der Waals surface area contributed by atoms with Gasteiger partial charge in [0.05, 0.1) is 16.3 Å². The minimum absolute atomic E-state index is 0.272. The maximum atomic E-state index is 13.4. The average Bonchev–Trinajstić information content (AvgIpc) is 2.81. The molecule has 0 amide bonds. The number of benzene rings is 2. The quantitative estimate of drug-likeness (QED) is 0.783. The normalized spacial score (nSPS) is 13.2. The predicted molar refractivity (Wildman–Crippen MR) is 73.3 cm³/mol. The minimum Gasteiger partial charge on any atom is -0.340 e. The maximum Gasteiger partial charge on any atom is 0.125 e. The Bertz CT molecular complexity index is 691. The van der Waals surface area contributed by atoms with Crippen molar-refractivity contribution in [2.75, 3.05) is 11.4 Å². The third-order valence-electron chi connectivity index (χ3n) is 3.34. The van der Waals surface area contributed by atoms with Crippen LogP contribution in [0.1, 0.15) is 11.1 Å². The van der Waals surface area contributed by atoms with Gasteiger partial charge in [0.15, 0.2) is 0 Å². The Morgan fingerprint density at radius 2 is 2.05 bits per heavy atom. The molecule has 0 spiro atoms. The zero-order valence-electron chi connectivity index (χ0n) is 10.0. The van der Waals surface area contributed by atoms with Crippen molar-refractivity contribution in [3.63, 3.8) is 0 Å². The Morgan fingerprint density at radius 3 is 2.84 bits per heavy atom. The second-order valence-corrected chi connectivity index (χ2v) is 4.83. The molecule has 1 aliphatic rings. The smallest absolute Gasteiger partial charge is 0.125 e.